The molecule has 15 heavy (non-hydrogen) atoms. The van der Waals surface area contributed by atoms with Crippen molar-refractivity contribution in [3.05, 3.63) is 23.8 Å². The Kier molecular flexibility index (Phi) is 1.80. The van der Waals surface area contributed by atoms with Gasteiger partial charge in [0.1, 0.15) is 0 Å². The molecular weight excluding hydrogens is 180 g/mol. The van der Waals surface area contributed by atoms with Crippen LogP contribution in [-0.2, 0) is 0 Å². The van der Waals surface area contributed by atoms with Gasteiger partial charge in [-0.25, -0.2) is 0 Å². The number of rotatable bonds is 0. The molecule has 0 aliphatic heterocycles. The van der Waals surface area contributed by atoms with Crippen LogP contribution in [0.5, 0.6) is 0 Å². The maximum Gasteiger partial charge on any atom is -0.00975 e. The highest BCUT2D eigenvalue weighted by Crippen LogP contribution is 2.69. The molecule has 0 aromatic carbocycles. The molecule has 0 heterocycles. The number of hydrogen-bond acceptors (Lipinski definition) is 0. The van der Waals surface area contributed by atoms with Crippen LogP contribution < -0.4 is 0 Å². The number of allylic oxidation sites excluding steroid dienone is 3. The summed E-state index contributed by atoms with van der Waals surface area (Å²) in [5.41, 5.74) is 3.70. The molecule has 0 bridgehead atoms. The van der Waals surface area contributed by atoms with Crippen molar-refractivity contribution in [1.82, 2.24) is 0 Å². The van der Waals surface area contributed by atoms with Crippen LogP contribution in [0, 0.1) is 29.1 Å². The predicted molar refractivity (Wildman–Crippen MR) is 64.5 cm³/mol. The Balaban J connectivity index is 1.98. The largest absolute Gasteiger partial charge is 0.0956 e. The molecule has 0 aromatic rings. The topological polar surface area (TPSA) is 0 Å². The summed E-state index contributed by atoms with van der Waals surface area (Å²) >= 11 is 0. The van der Waals surface area contributed by atoms with E-state index in [1.165, 1.54) is 24.8 Å². The van der Waals surface area contributed by atoms with Crippen molar-refractivity contribution in [2.75, 3.05) is 0 Å². The number of fused-ring (bicyclic) bond motifs is 3. The second-order valence-electron chi connectivity index (χ2n) is 6.49. The molecule has 0 unspecified atom stereocenters. The van der Waals surface area contributed by atoms with E-state index in [-0.39, 0.29) is 0 Å². The summed E-state index contributed by atoms with van der Waals surface area (Å²) in [7, 11) is 0. The standard InChI is InChI=1S/C15H22/c1-9-6-8-12-14(15(12,3)4)13-10(2)5-7-11(9)13/h7,10,12-14H,1,5-6,8H2,2-4H3/t10-,12-,13-,14-/m1/s1. The zero-order chi connectivity index (χ0) is 10.8. The summed E-state index contributed by atoms with van der Waals surface area (Å²) < 4.78 is 0. The molecular formula is C15H22. The average molecular weight is 202 g/mol. The fourth-order valence-corrected chi connectivity index (χ4v) is 4.35. The Bertz CT molecular complexity index is 345. The van der Waals surface area contributed by atoms with Crippen LogP contribution >= 0.6 is 0 Å². The van der Waals surface area contributed by atoms with Crippen molar-refractivity contribution >= 4 is 0 Å². The second kappa shape index (κ2) is 2.78. The molecule has 0 aromatic heterocycles. The summed E-state index contributed by atoms with van der Waals surface area (Å²) in [5, 5.41) is 0. The highest BCUT2D eigenvalue weighted by Gasteiger charge is 2.62. The quantitative estimate of drug-likeness (QED) is 0.552. The van der Waals surface area contributed by atoms with Crippen LogP contribution in [0.25, 0.3) is 0 Å². The van der Waals surface area contributed by atoms with Gasteiger partial charge in [0.15, 0.2) is 0 Å². The van der Waals surface area contributed by atoms with Gasteiger partial charge in [0.25, 0.3) is 0 Å². The van der Waals surface area contributed by atoms with Crippen LogP contribution in [0.4, 0.5) is 0 Å². The Hall–Kier alpha value is -0.520. The lowest BCUT2D eigenvalue weighted by Gasteiger charge is -2.22. The minimum atomic E-state index is 0.614. The zero-order valence-electron chi connectivity index (χ0n) is 10.2. The maximum absolute atomic E-state index is 4.29. The summed E-state index contributed by atoms with van der Waals surface area (Å²) in [5.74, 6) is 3.65. The molecule has 0 heteroatoms. The first kappa shape index (κ1) is 9.69. The molecule has 0 amide bonds. The monoisotopic (exact) mass is 202 g/mol. The maximum atomic E-state index is 4.29. The third-order valence-electron chi connectivity index (χ3n) is 5.37. The third kappa shape index (κ3) is 1.14. The van der Waals surface area contributed by atoms with Gasteiger partial charge in [0.2, 0.25) is 0 Å². The molecule has 82 valence electrons. The highest BCUT2D eigenvalue weighted by molar-refractivity contribution is 5.39. The van der Waals surface area contributed by atoms with Crippen molar-refractivity contribution in [2.45, 2.75) is 40.0 Å². The molecule has 2 fully saturated rings. The molecule has 0 radical (unpaired) electrons. The number of hydrogen-bond donors (Lipinski definition) is 0. The van der Waals surface area contributed by atoms with Crippen molar-refractivity contribution in [2.24, 2.45) is 29.1 Å². The first-order chi connectivity index (χ1) is 7.03. The van der Waals surface area contributed by atoms with Gasteiger partial charge in [-0.3, -0.25) is 0 Å². The van der Waals surface area contributed by atoms with Gasteiger partial charge in [-0.1, -0.05) is 39.0 Å². The Labute approximate surface area is 93.5 Å². The van der Waals surface area contributed by atoms with Gasteiger partial charge in [-0.05, 0) is 53.9 Å². The van der Waals surface area contributed by atoms with Crippen molar-refractivity contribution < 1.29 is 0 Å². The first-order valence-electron chi connectivity index (χ1n) is 6.41. The fraction of sp³-hybridized carbons (Fsp3) is 0.733. The molecule has 3 aliphatic rings. The van der Waals surface area contributed by atoms with Gasteiger partial charge in [-0.15, -0.1) is 0 Å². The Morgan fingerprint density at radius 1 is 1.40 bits per heavy atom. The van der Waals surface area contributed by atoms with Gasteiger partial charge in [0.05, 0.1) is 0 Å². The normalized spacial score (nSPS) is 46.6. The van der Waals surface area contributed by atoms with E-state index in [9.17, 15) is 0 Å². The van der Waals surface area contributed by atoms with Crippen LogP contribution in [-0.4, -0.2) is 0 Å². The fourth-order valence-electron chi connectivity index (χ4n) is 4.35. The summed E-state index contributed by atoms with van der Waals surface area (Å²) in [6, 6.07) is 0. The minimum Gasteiger partial charge on any atom is -0.0956 e. The molecule has 0 spiro atoms. The highest BCUT2D eigenvalue weighted by atomic mass is 14.7. The van der Waals surface area contributed by atoms with Gasteiger partial charge < -0.3 is 0 Å². The van der Waals surface area contributed by atoms with E-state index < -0.39 is 0 Å². The van der Waals surface area contributed by atoms with E-state index in [2.05, 4.69) is 33.4 Å². The van der Waals surface area contributed by atoms with E-state index in [0.717, 1.165) is 23.7 Å². The first-order valence-corrected chi connectivity index (χ1v) is 6.41. The second-order valence-corrected chi connectivity index (χ2v) is 6.49. The summed E-state index contributed by atoms with van der Waals surface area (Å²) in [6.45, 7) is 11.7. The molecule has 0 saturated heterocycles. The average Bonchev–Trinajstić information content (AvgIpc) is 2.55. The van der Waals surface area contributed by atoms with Crippen LogP contribution in [0.3, 0.4) is 0 Å². The molecule has 0 N–H and O–H groups in total. The molecule has 2 saturated carbocycles. The summed E-state index contributed by atoms with van der Waals surface area (Å²) in [6.07, 6.45) is 6.41. The van der Waals surface area contributed by atoms with Crippen molar-refractivity contribution in [3.8, 4) is 0 Å². The summed E-state index contributed by atoms with van der Waals surface area (Å²) in [4.78, 5) is 0. The van der Waals surface area contributed by atoms with Crippen molar-refractivity contribution in [3.63, 3.8) is 0 Å². The Morgan fingerprint density at radius 2 is 2.13 bits per heavy atom. The lowest BCUT2D eigenvalue weighted by Crippen LogP contribution is -2.14. The van der Waals surface area contributed by atoms with E-state index >= 15 is 0 Å². The lowest BCUT2D eigenvalue weighted by atomic mass is 9.82. The molecule has 4 atom stereocenters. The van der Waals surface area contributed by atoms with Gasteiger partial charge in [-0.2, -0.15) is 0 Å². The molecule has 3 aliphatic carbocycles. The SMILES string of the molecule is C=C1CC[C@@H]2[C@H]([C@H]3C1=CC[C@H]3C)C2(C)C. The third-order valence-corrected chi connectivity index (χ3v) is 5.37. The minimum absolute atomic E-state index is 0.614. The van der Waals surface area contributed by atoms with E-state index in [0.29, 0.717) is 5.41 Å². The zero-order valence-corrected chi connectivity index (χ0v) is 10.2. The predicted octanol–water partition coefficient (Wildman–Crippen LogP) is 4.19. The van der Waals surface area contributed by atoms with Crippen LogP contribution in [0.2, 0.25) is 0 Å². The molecule has 0 nitrogen and oxygen atoms in total. The van der Waals surface area contributed by atoms with Crippen molar-refractivity contribution in [1.29, 1.82) is 0 Å². The van der Waals surface area contributed by atoms with Crippen LogP contribution in [0.15, 0.2) is 23.8 Å². The molecule has 3 rings (SSSR count). The van der Waals surface area contributed by atoms with Gasteiger partial charge >= 0.3 is 0 Å². The lowest BCUT2D eigenvalue weighted by molar-refractivity contribution is 0.355. The van der Waals surface area contributed by atoms with E-state index in [1.54, 1.807) is 5.57 Å². The smallest absolute Gasteiger partial charge is 0.00975 e. The van der Waals surface area contributed by atoms with Gasteiger partial charge in [0, 0.05) is 0 Å². The van der Waals surface area contributed by atoms with E-state index in [4.69, 9.17) is 0 Å². The van der Waals surface area contributed by atoms with E-state index in [1.807, 2.05) is 0 Å². The van der Waals surface area contributed by atoms with Crippen LogP contribution in [0.1, 0.15) is 40.0 Å². The Morgan fingerprint density at radius 3 is 2.87 bits per heavy atom.